The third kappa shape index (κ3) is 5.04. The van der Waals surface area contributed by atoms with Gasteiger partial charge in [-0.2, -0.15) is 0 Å². The van der Waals surface area contributed by atoms with E-state index in [1.165, 1.54) is 7.11 Å². The molecule has 0 saturated carbocycles. The van der Waals surface area contributed by atoms with Crippen molar-refractivity contribution in [3.63, 3.8) is 0 Å². The number of rotatable bonds is 6. The number of likely N-dealkylation sites (tertiary alicyclic amines) is 1. The summed E-state index contributed by atoms with van der Waals surface area (Å²) in [4.78, 5) is 25.1. The SMILES string of the molecule is COC(=O)[C@@H]1CCN(CCNC(=O)OCc2ccccc2)C1. The molecule has 1 aromatic rings. The third-order valence-electron chi connectivity index (χ3n) is 3.72. The Labute approximate surface area is 130 Å². The van der Waals surface area contributed by atoms with Crippen LogP contribution in [0.3, 0.4) is 0 Å². The third-order valence-corrected chi connectivity index (χ3v) is 3.72. The summed E-state index contributed by atoms with van der Waals surface area (Å²) < 4.78 is 9.87. The number of hydrogen-bond acceptors (Lipinski definition) is 5. The van der Waals surface area contributed by atoms with Crippen LogP contribution >= 0.6 is 0 Å². The second-order valence-electron chi connectivity index (χ2n) is 5.30. The van der Waals surface area contributed by atoms with Crippen LogP contribution in [-0.2, 0) is 20.9 Å². The number of nitrogens with zero attached hydrogens (tertiary/aromatic N) is 1. The van der Waals surface area contributed by atoms with Crippen molar-refractivity contribution in [2.75, 3.05) is 33.3 Å². The zero-order chi connectivity index (χ0) is 15.8. The standard InChI is InChI=1S/C16H22N2O4/c1-21-15(19)14-7-9-18(11-14)10-8-17-16(20)22-12-13-5-3-2-4-6-13/h2-6,14H,7-12H2,1H3,(H,17,20)/t14-/m1/s1. The van der Waals surface area contributed by atoms with Crippen molar-refractivity contribution in [2.45, 2.75) is 13.0 Å². The molecule has 1 saturated heterocycles. The van der Waals surface area contributed by atoms with Crippen LogP contribution in [0.5, 0.6) is 0 Å². The molecule has 120 valence electrons. The van der Waals surface area contributed by atoms with E-state index < -0.39 is 6.09 Å². The lowest BCUT2D eigenvalue weighted by molar-refractivity contribution is -0.144. The first-order valence-electron chi connectivity index (χ1n) is 7.44. The number of hydrogen-bond donors (Lipinski definition) is 1. The summed E-state index contributed by atoms with van der Waals surface area (Å²) in [6.45, 7) is 3.00. The summed E-state index contributed by atoms with van der Waals surface area (Å²) in [7, 11) is 1.41. The van der Waals surface area contributed by atoms with Gasteiger partial charge in [0.15, 0.2) is 0 Å². The lowest BCUT2D eigenvalue weighted by Gasteiger charge is -2.15. The molecule has 6 nitrogen and oxygen atoms in total. The van der Waals surface area contributed by atoms with Gasteiger partial charge in [-0.25, -0.2) is 4.79 Å². The second-order valence-corrected chi connectivity index (χ2v) is 5.30. The van der Waals surface area contributed by atoms with E-state index >= 15 is 0 Å². The van der Waals surface area contributed by atoms with Gasteiger partial charge in [-0.15, -0.1) is 0 Å². The van der Waals surface area contributed by atoms with Crippen molar-refractivity contribution >= 4 is 12.1 Å². The van der Waals surface area contributed by atoms with E-state index in [2.05, 4.69) is 10.2 Å². The maximum Gasteiger partial charge on any atom is 0.407 e. The summed E-state index contributed by atoms with van der Waals surface area (Å²) in [6, 6.07) is 9.54. The summed E-state index contributed by atoms with van der Waals surface area (Å²) in [6.07, 6.45) is 0.387. The molecule has 0 unspecified atom stereocenters. The van der Waals surface area contributed by atoms with Crippen LogP contribution < -0.4 is 5.32 Å². The number of amides is 1. The predicted octanol–water partition coefficient (Wildman–Crippen LogP) is 1.41. The molecule has 6 heteroatoms. The minimum atomic E-state index is -0.424. The molecule has 0 radical (unpaired) electrons. The fraction of sp³-hybridized carbons (Fsp3) is 0.500. The highest BCUT2D eigenvalue weighted by molar-refractivity contribution is 5.72. The minimum Gasteiger partial charge on any atom is -0.469 e. The van der Waals surface area contributed by atoms with Crippen LogP contribution in [0.2, 0.25) is 0 Å². The molecule has 1 amide bonds. The van der Waals surface area contributed by atoms with Gasteiger partial charge in [-0.1, -0.05) is 30.3 Å². The number of carbonyl (C=O) groups is 2. The Kier molecular flexibility index (Phi) is 6.21. The summed E-state index contributed by atoms with van der Waals surface area (Å²) in [5.74, 6) is -0.201. The van der Waals surface area contributed by atoms with Gasteiger partial charge in [-0.05, 0) is 18.5 Å². The lowest BCUT2D eigenvalue weighted by Crippen LogP contribution is -2.34. The fourth-order valence-corrected chi connectivity index (χ4v) is 2.49. The smallest absolute Gasteiger partial charge is 0.407 e. The topological polar surface area (TPSA) is 67.9 Å². The number of alkyl carbamates (subject to hydrolysis) is 1. The van der Waals surface area contributed by atoms with Crippen molar-refractivity contribution in [3.8, 4) is 0 Å². The first-order valence-corrected chi connectivity index (χ1v) is 7.44. The highest BCUT2D eigenvalue weighted by Crippen LogP contribution is 2.16. The zero-order valence-electron chi connectivity index (χ0n) is 12.8. The Hall–Kier alpha value is -2.08. The number of ether oxygens (including phenoxy) is 2. The lowest BCUT2D eigenvalue weighted by atomic mass is 10.1. The van der Waals surface area contributed by atoms with E-state index in [-0.39, 0.29) is 18.5 Å². The van der Waals surface area contributed by atoms with Gasteiger partial charge < -0.3 is 19.7 Å². The van der Waals surface area contributed by atoms with E-state index in [9.17, 15) is 9.59 Å². The van der Waals surface area contributed by atoms with E-state index in [0.29, 0.717) is 19.6 Å². The van der Waals surface area contributed by atoms with Gasteiger partial charge in [0, 0.05) is 19.6 Å². The monoisotopic (exact) mass is 306 g/mol. The fourth-order valence-electron chi connectivity index (χ4n) is 2.49. The normalized spacial score (nSPS) is 18.0. The Balaban J connectivity index is 1.59. The second kappa shape index (κ2) is 8.38. The van der Waals surface area contributed by atoms with Crippen molar-refractivity contribution in [1.29, 1.82) is 0 Å². The van der Waals surface area contributed by atoms with Crippen LogP contribution in [0.25, 0.3) is 0 Å². The maximum atomic E-state index is 11.6. The quantitative estimate of drug-likeness (QED) is 0.805. The number of benzene rings is 1. The van der Waals surface area contributed by atoms with Gasteiger partial charge in [-0.3, -0.25) is 4.79 Å². The van der Waals surface area contributed by atoms with E-state index in [0.717, 1.165) is 18.5 Å². The largest absolute Gasteiger partial charge is 0.469 e. The molecule has 0 bridgehead atoms. The number of methoxy groups -OCH3 is 1. The van der Waals surface area contributed by atoms with E-state index in [1.807, 2.05) is 30.3 Å². The summed E-state index contributed by atoms with van der Waals surface area (Å²) in [5.41, 5.74) is 0.957. The highest BCUT2D eigenvalue weighted by atomic mass is 16.5. The Morgan fingerprint density at radius 1 is 1.32 bits per heavy atom. The molecule has 1 aromatic carbocycles. The molecule has 0 aliphatic carbocycles. The maximum absolute atomic E-state index is 11.6. The van der Waals surface area contributed by atoms with Crippen molar-refractivity contribution in [1.82, 2.24) is 10.2 Å². The van der Waals surface area contributed by atoms with Crippen LogP contribution in [0, 0.1) is 5.92 Å². The molecule has 1 fully saturated rings. The Morgan fingerprint density at radius 2 is 2.09 bits per heavy atom. The van der Waals surface area contributed by atoms with E-state index in [4.69, 9.17) is 9.47 Å². The van der Waals surface area contributed by atoms with Crippen LogP contribution in [0.1, 0.15) is 12.0 Å². The average molecular weight is 306 g/mol. The van der Waals surface area contributed by atoms with E-state index in [1.54, 1.807) is 0 Å². The first kappa shape index (κ1) is 16.3. The van der Waals surface area contributed by atoms with Crippen LogP contribution in [-0.4, -0.2) is 50.3 Å². The Bertz CT molecular complexity index is 492. The predicted molar refractivity (Wildman–Crippen MR) is 81.2 cm³/mol. The van der Waals surface area contributed by atoms with Crippen LogP contribution in [0.4, 0.5) is 4.79 Å². The molecule has 1 aliphatic rings. The molecule has 2 rings (SSSR count). The van der Waals surface area contributed by atoms with Crippen molar-refractivity contribution in [2.24, 2.45) is 5.92 Å². The number of carbonyl (C=O) groups excluding carboxylic acids is 2. The molecule has 1 atom stereocenters. The minimum absolute atomic E-state index is 0.0463. The summed E-state index contributed by atoms with van der Waals surface area (Å²) in [5, 5.41) is 2.72. The van der Waals surface area contributed by atoms with Gasteiger partial charge in [0.25, 0.3) is 0 Å². The first-order chi connectivity index (χ1) is 10.7. The molecular formula is C16H22N2O4. The van der Waals surface area contributed by atoms with Crippen LogP contribution in [0.15, 0.2) is 30.3 Å². The van der Waals surface area contributed by atoms with Gasteiger partial charge >= 0.3 is 12.1 Å². The molecule has 0 aromatic heterocycles. The zero-order valence-corrected chi connectivity index (χ0v) is 12.8. The molecule has 1 aliphatic heterocycles. The molecule has 1 heterocycles. The number of esters is 1. The van der Waals surface area contributed by atoms with Gasteiger partial charge in [0.05, 0.1) is 13.0 Å². The Morgan fingerprint density at radius 3 is 2.82 bits per heavy atom. The molecular weight excluding hydrogens is 284 g/mol. The molecule has 0 spiro atoms. The number of nitrogens with one attached hydrogen (secondary N) is 1. The molecule has 1 N–H and O–H groups in total. The highest BCUT2D eigenvalue weighted by Gasteiger charge is 2.28. The van der Waals surface area contributed by atoms with Gasteiger partial charge in [0.2, 0.25) is 0 Å². The van der Waals surface area contributed by atoms with Crippen molar-refractivity contribution < 1.29 is 19.1 Å². The average Bonchev–Trinajstić information content (AvgIpc) is 3.02. The van der Waals surface area contributed by atoms with Crippen molar-refractivity contribution in [3.05, 3.63) is 35.9 Å². The molecule has 22 heavy (non-hydrogen) atoms. The summed E-state index contributed by atoms with van der Waals surface area (Å²) >= 11 is 0. The van der Waals surface area contributed by atoms with Gasteiger partial charge in [0.1, 0.15) is 6.61 Å².